The van der Waals surface area contributed by atoms with E-state index in [9.17, 15) is 0 Å². The van der Waals surface area contributed by atoms with Crippen LogP contribution in [-0.2, 0) is 0 Å². The van der Waals surface area contributed by atoms with Crippen LogP contribution in [0.4, 0.5) is 0 Å². The number of hydrogen-bond acceptors (Lipinski definition) is 2. The molecule has 0 saturated heterocycles. The van der Waals surface area contributed by atoms with Gasteiger partial charge in [0.1, 0.15) is 0 Å². The SMILES string of the molecule is NCC1=CC=CNC1=C1CCCCC1. The maximum atomic E-state index is 5.72. The van der Waals surface area contributed by atoms with Crippen LogP contribution in [0.1, 0.15) is 32.1 Å². The van der Waals surface area contributed by atoms with Crippen molar-refractivity contribution < 1.29 is 0 Å². The molecule has 0 unspecified atom stereocenters. The first-order valence-electron chi connectivity index (χ1n) is 5.46. The Hall–Kier alpha value is -1.02. The Bertz CT molecular complexity index is 289. The lowest BCUT2D eigenvalue weighted by Crippen LogP contribution is -2.19. The summed E-state index contributed by atoms with van der Waals surface area (Å²) < 4.78 is 0. The van der Waals surface area contributed by atoms with Crippen molar-refractivity contribution in [2.75, 3.05) is 6.54 Å². The molecule has 2 rings (SSSR count). The van der Waals surface area contributed by atoms with E-state index in [1.54, 1.807) is 5.57 Å². The van der Waals surface area contributed by atoms with Crippen LogP contribution in [0, 0.1) is 0 Å². The summed E-state index contributed by atoms with van der Waals surface area (Å²) in [5.74, 6) is 0. The number of allylic oxidation sites excluding steroid dienone is 3. The molecule has 2 aliphatic rings. The molecule has 1 aliphatic heterocycles. The smallest absolute Gasteiger partial charge is 0.0417 e. The fraction of sp³-hybridized carbons (Fsp3) is 0.500. The fourth-order valence-corrected chi connectivity index (χ4v) is 2.20. The summed E-state index contributed by atoms with van der Waals surface area (Å²) in [6.45, 7) is 0.635. The zero-order valence-electron chi connectivity index (χ0n) is 8.55. The van der Waals surface area contributed by atoms with Crippen molar-refractivity contribution >= 4 is 0 Å². The van der Waals surface area contributed by atoms with Crippen LogP contribution in [0.15, 0.2) is 35.2 Å². The fourth-order valence-electron chi connectivity index (χ4n) is 2.20. The van der Waals surface area contributed by atoms with Gasteiger partial charge in [0.25, 0.3) is 0 Å². The van der Waals surface area contributed by atoms with E-state index in [0.29, 0.717) is 6.54 Å². The van der Waals surface area contributed by atoms with Crippen LogP contribution in [-0.4, -0.2) is 6.54 Å². The molecule has 0 spiro atoms. The van der Waals surface area contributed by atoms with Gasteiger partial charge in [0, 0.05) is 18.4 Å². The summed E-state index contributed by atoms with van der Waals surface area (Å²) >= 11 is 0. The van der Waals surface area contributed by atoms with Crippen LogP contribution in [0.3, 0.4) is 0 Å². The van der Waals surface area contributed by atoms with Crippen molar-refractivity contribution in [2.24, 2.45) is 5.73 Å². The van der Waals surface area contributed by atoms with Crippen LogP contribution >= 0.6 is 0 Å². The average molecular weight is 190 g/mol. The largest absolute Gasteiger partial charge is 0.361 e. The number of hydrogen-bond donors (Lipinski definition) is 2. The molecular weight excluding hydrogens is 172 g/mol. The van der Waals surface area contributed by atoms with Gasteiger partial charge < -0.3 is 11.1 Å². The minimum Gasteiger partial charge on any atom is -0.361 e. The number of dihydropyridines is 1. The third-order valence-corrected chi connectivity index (χ3v) is 2.97. The molecule has 2 heteroatoms. The third-order valence-electron chi connectivity index (χ3n) is 2.97. The van der Waals surface area contributed by atoms with Crippen molar-refractivity contribution in [3.8, 4) is 0 Å². The van der Waals surface area contributed by atoms with Crippen LogP contribution < -0.4 is 11.1 Å². The summed E-state index contributed by atoms with van der Waals surface area (Å²) in [5, 5.41) is 3.34. The maximum Gasteiger partial charge on any atom is 0.0417 e. The van der Waals surface area contributed by atoms with E-state index in [2.05, 4.69) is 11.4 Å². The number of nitrogens with two attached hydrogens (primary N) is 1. The highest BCUT2D eigenvalue weighted by molar-refractivity contribution is 5.41. The lowest BCUT2D eigenvalue weighted by atomic mass is 9.90. The Morgan fingerprint density at radius 3 is 2.71 bits per heavy atom. The Labute approximate surface area is 85.6 Å². The Kier molecular flexibility index (Phi) is 3.04. The highest BCUT2D eigenvalue weighted by Gasteiger charge is 2.14. The second-order valence-electron chi connectivity index (χ2n) is 3.94. The van der Waals surface area contributed by atoms with Gasteiger partial charge in [-0.3, -0.25) is 0 Å². The summed E-state index contributed by atoms with van der Waals surface area (Å²) in [4.78, 5) is 0. The molecule has 1 fully saturated rings. The number of nitrogens with one attached hydrogen (secondary N) is 1. The van der Waals surface area contributed by atoms with Gasteiger partial charge in [0.15, 0.2) is 0 Å². The lowest BCUT2D eigenvalue weighted by molar-refractivity contribution is 0.589. The van der Waals surface area contributed by atoms with Gasteiger partial charge in [-0.2, -0.15) is 0 Å². The predicted octanol–water partition coefficient (Wildman–Crippen LogP) is 2.21. The van der Waals surface area contributed by atoms with E-state index in [1.165, 1.54) is 43.4 Å². The summed E-state index contributed by atoms with van der Waals surface area (Å²) in [7, 11) is 0. The molecule has 0 aromatic carbocycles. The normalized spacial score (nSPS) is 21.9. The van der Waals surface area contributed by atoms with Gasteiger partial charge >= 0.3 is 0 Å². The van der Waals surface area contributed by atoms with Crippen molar-refractivity contribution in [1.82, 2.24) is 5.32 Å². The molecule has 2 nitrogen and oxygen atoms in total. The molecule has 1 aliphatic carbocycles. The zero-order valence-corrected chi connectivity index (χ0v) is 8.55. The summed E-state index contributed by atoms with van der Waals surface area (Å²) in [6.07, 6.45) is 12.7. The van der Waals surface area contributed by atoms with Gasteiger partial charge in [-0.05, 0) is 42.9 Å². The van der Waals surface area contributed by atoms with Crippen molar-refractivity contribution in [1.29, 1.82) is 0 Å². The van der Waals surface area contributed by atoms with E-state index >= 15 is 0 Å². The standard InChI is InChI=1S/C12H18N2/c13-9-11-7-4-8-14-12(11)10-5-2-1-3-6-10/h4,7-8,14H,1-3,5-6,9,13H2. The first kappa shape index (κ1) is 9.53. The van der Waals surface area contributed by atoms with Crippen LogP contribution in [0.5, 0.6) is 0 Å². The topological polar surface area (TPSA) is 38.0 Å². The highest BCUT2D eigenvalue weighted by Crippen LogP contribution is 2.28. The van der Waals surface area contributed by atoms with Crippen molar-refractivity contribution in [3.63, 3.8) is 0 Å². The zero-order chi connectivity index (χ0) is 9.80. The lowest BCUT2D eigenvalue weighted by Gasteiger charge is -2.22. The highest BCUT2D eigenvalue weighted by atomic mass is 14.9. The second-order valence-corrected chi connectivity index (χ2v) is 3.94. The first-order chi connectivity index (χ1) is 6.92. The summed E-state index contributed by atoms with van der Waals surface area (Å²) in [6, 6.07) is 0. The van der Waals surface area contributed by atoms with E-state index in [-0.39, 0.29) is 0 Å². The van der Waals surface area contributed by atoms with Crippen molar-refractivity contribution in [2.45, 2.75) is 32.1 Å². The quantitative estimate of drug-likeness (QED) is 0.665. The molecule has 14 heavy (non-hydrogen) atoms. The minimum absolute atomic E-state index is 0.635. The third kappa shape index (κ3) is 1.90. The molecule has 0 atom stereocenters. The van der Waals surface area contributed by atoms with Gasteiger partial charge in [0.05, 0.1) is 0 Å². The van der Waals surface area contributed by atoms with Crippen LogP contribution in [0.25, 0.3) is 0 Å². The number of rotatable bonds is 1. The molecule has 0 bridgehead atoms. The molecule has 76 valence electrons. The van der Waals surface area contributed by atoms with E-state index < -0.39 is 0 Å². The molecule has 1 heterocycles. The molecule has 0 aromatic heterocycles. The molecular formula is C12H18N2. The minimum atomic E-state index is 0.635. The Balaban J connectivity index is 2.22. The van der Waals surface area contributed by atoms with Gasteiger partial charge in [-0.1, -0.05) is 12.5 Å². The van der Waals surface area contributed by atoms with E-state index in [1.807, 2.05) is 12.3 Å². The van der Waals surface area contributed by atoms with Gasteiger partial charge in [-0.15, -0.1) is 0 Å². The second kappa shape index (κ2) is 4.47. The average Bonchev–Trinajstić information content (AvgIpc) is 2.30. The van der Waals surface area contributed by atoms with E-state index in [4.69, 9.17) is 5.73 Å². The van der Waals surface area contributed by atoms with Gasteiger partial charge in [-0.25, -0.2) is 0 Å². The van der Waals surface area contributed by atoms with Crippen molar-refractivity contribution in [3.05, 3.63) is 35.2 Å². The predicted molar refractivity (Wildman–Crippen MR) is 59.5 cm³/mol. The van der Waals surface area contributed by atoms with Gasteiger partial charge in [0.2, 0.25) is 0 Å². The Morgan fingerprint density at radius 1 is 1.21 bits per heavy atom. The summed E-state index contributed by atoms with van der Waals surface area (Å²) in [5.41, 5.74) is 9.85. The molecule has 3 N–H and O–H groups in total. The molecule has 0 radical (unpaired) electrons. The van der Waals surface area contributed by atoms with E-state index in [0.717, 1.165) is 0 Å². The Morgan fingerprint density at radius 2 is 2.00 bits per heavy atom. The first-order valence-corrected chi connectivity index (χ1v) is 5.46. The molecule has 0 aromatic rings. The molecule has 0 amide bonds. The maximum absolute atomic E-state index is 5.72. The molecule has 1 saturated carbocycles. The monoisotopic (exact) mass is 190 g/mol. The van der Waals surface area contributed by atoms with Crippen LogP contribution in [0.2, 0.25) is 0 Å².